The molecule has 1 saturated heterocycles. The Hall–Kier alpha value is -3.37. The van der Waals surface area contributed by atoms with Gasteiger partial charge in [-0.3, -0.25) is 4.79 Å². The van der Waals surface area contributed by atoms with E-state index in [-0.39, 0.29) is 18.3 Å². The van der Waals surface area contributed by atoms with Gasteiger partial charge in [0.15, 0.2) is 5.82 Å². The molecule has 2 aromatic rings. The zero-order chi connectivity index (χ0) is 22.6. The standard InChI is InChI=1S/C21H23F2N5O4/c1-10(18(24)29)25-12-4-5-13-15(8-12)31-7-6-27-16(11-2-3-11)20(26-19(13)27)28-14(17(22)23)9-32-21(28)30/h4-5,8,10-11,14,17,25H,2-3,6-7,9H2,1H3,(H2,24,29)/t10-,14-/m0/s1. The van der Waals surface area contributed by atoms with Gasteiger partial charge in [-0.2, -0.15) is 0 Å². The van der Waals surface area contributed by atoms with Crippen molar-refractivity contribution in [1.29, 1.82) is 0 Å². The van der Waals surface area contributed by atoms with Crippen LogP contribution < -0.4 is 20.7 Å². The molecule has 2 amide bonds. The van der Waals surface area contributed by atoms with Crippen molar-refractivity contribution < 1.29 is 27.8 Å². The van der Waals surface area contributed by atoms with Gasteiger partial charge in [0.2, 0.25) is 5.91 Å². The molecule has 3 heterocycles. The van der Waals surface area contributed by atoms with E-state index in [2.05, 4.69) is 10.3 Å². The monoisotopic (exact) mass is 447 g/mol. The van der Waals surface area contributed by atoms with Gasteiger partial charge < -0.3 is 25.1 Å². The fraction of sp³-hybridized carbons (Fsp3) is 0.476. The summed E-state index contributed by atoms with van der Waals surface area (Å²) < 4.78 is 40.1. The highest BCUT2D eigenvalue weighted by Crippen LogP contribution is 2.48. The first-order chi connectivity index (χ1) is 15.3. The minimum Gasteiger partial charge on any atom is -0.491 e. The minimum atomic E-state index is -2.74. The van der Waals surface area contributed by atoms with Crippen LogP contribution >= 0.6 is 0 Å². The summed E-state index contributed by atoms with van der Waals surface area (Å²) in [6.45, 7) is 2.10. The number of halogens is 2. The van der Waals surface area contributed by atoms with Gasteiger partial charge in [-0.1, -0.05) is 0 Å². The van der Waals surface area contributed by atoms with Crippen LogP contribution in [-0.4, -0.2) is 53.3 Å². The number of hydrogen-bond acceptors (Lipinski definition) is 6. The fourth-order valence-corrected chi connectivity index (χ4v) is 4.17. The molecular formula is C21H23F2N5O4. The van der Waals surface area contributed by atoms with Crippen molar-refractivity contribution in [3.63, 3.8) is 0 Å². The number of alkyl halides is 2. The molecule has 1 aliphatic carbocycles. The van der Waals surface area contributed by atoms with Crippen molar-refractivity contribution in [2.45, 2.75) is 50.7 Å². The third kappa shape index (κ3) is 3.41. The molecule has 2 atom stereocenters. The Morgan fingerprint density at radius 1 is 1.31 bits per heavy atom. The first-order valence-electron chi connectivity index (χ1n) is 10.5. The van der Waals surface area contributed by atoms with Crippen molar-refractivity contribution in [2.75, 3.05) is 23.4 Å². The fourth-order valence-electron chi connectivity index (χ4n) is 4.17. The van der Waals surface area contributed by atoms with Crippen molar-refractivity contribution in [1.82, 2.24) is 9.55 Å². The van der Waals surface area contributed by atoms with E-state index in [9.17, 15) is 18.4 Å². The number of amides is 2. The van der Waals surface area contributed by atoms with Crippen molar-refractivity contribution in [2.24, 2.45) is 5.73 Å². The Morgan fingerprint density at radius 2 is 2.09 bits per heavy atom. The van der Waals surface area contributed by atoms with E-state index in [1.54, 1.807) is 25.1 Å². The van der Waals surface area contributed by atoms with Gasteiger partial charge in [-0.15, -0.1) is 0 Å². The lowest BCUT2D eigenvalue weighted by molar-refractivity contribution is -0.118. The van der Waals surface area contributed by atoms with E-state index in [1.807, 2.05) is 4.57 Å². The number of ether oxygens (including phenoxy) is 2. The smallest absolute Gasteiger partial charge is 0.416 e. The average Bonchev–Trinajstić information content (AvgIpc) is 3.45. The first kappa shape index (κ1) is 20.5. The number of primary amides is 1. The number of hydrogen-bond donors (Lipinski definition) is 2. The van der Waals surface area contributed by atoms with Gasteiger partial charge in [0.05, 0.1) is 17.8 Å². The molecule has 2 fully saturated rings. The number of nitrogens with one attached hydrogen (secondary N) is 1. The van der Waals surface area contributed by atoms with E-state index >= 15 is 0 Å². The summed E-state index contributed by atoms with van der Waals surface area (Å²) in [4.78, 5) is 29.4. The van der Waals surface area contributed by atoms with Crippen LogP contribution in [0.2, 0.25) is 0 Å². The van der Waals surface area contributed by atoms with Crippen LogP contribution in [0.4, 0.5) is 25.1 Å². The lowest BCUT2D eigenvalue weighted by Crippen LogP contribution is -2.39. The number of nitrogens with zero attached hydrogens (tertiary/aromatic N) is 3. The molecule has 3 aliphatic rings. The molecule has 3 N–H and O–H groups in total. The summed E-state index contributed by atoms with van der Waals surface area (Å²) in [6.07, 6.45) is -1.74. The molecule has 0 bridgehead atoms. The maximum absolute atomic E-state index is 13.6. The average molecular weight is 447 g/mol. The number of cyclic esters (lactones) is 1. The summed E-state index contributed by atoms with van der Waals surface area (Å²) in [5.74, 6) is 1.00. The molecule has 0 spiro atoms. The zero-order valence-corrected chi connectivity index (χ0v) is 17.4. The molecule has 32 heavy (non-hydrogen) atoms. The van der Waals surface area contributed by atoms with Crippen LogP contribution in [-0.2, 0) is 16.1 Å². The SMILES string of the molecule is C[C@H](Nc1ccc2c(c1)OCCn1c-2nc(N2C(=O)OC[C@H]2C(F)F)c1C1CC1)C(N)=O. The number of fused-ring (bicyclic) bond motifs is 3. The summed E-state index contributed by atoms with van der Waals surface area (Å²) in [6, 6.07) is 3.39. The predicted octanol–water partition coefficient (Wildman–Crippen LogP) is 2.70. The van der Waals surface area contributed by atoms with Gasteiger partial charge >= 0.3 is 6.09 Å². The molecule has 9 nitrogen and oxygen atoms in total. The van der Waals surface area contributed by atoms with E-state index in [4.69, 9.17) is 15.2 Å². The number of anilines is 2. The van der Waals surface area contributed by atoms with Gasteiger partial charge in [-0.05, 0) is 31.9 Å². The maximum Gasteiger partial charge on any atom is 0.416 e. The molecule has 1 aromatic heterocycles. The number of nitrogens with two attached hydrogens (primary N) is 1. The van der Waals surface area contributed by atoms with Crippen LogP contribution in [0.15, 0.2) is 18.2 Å². The van der Waals surface area contributed by atoms with Gasteiger partial charge in [0.25, 0.3) is 6.43 Å². The highest BCUT2D eigenvalue weighted by molar-refractivity contribution is 5.91. The number of carbonyl (C=O) groups is 2. The molecule has 5 rings (SSSR count). The van der Waals surface area contributed by atoms with E-state index in [1.165, 1.54) is 0 Å². The van der Waals surface area contributed by atoms with Crippen LogP contribution in [0.3, 0.4) is 0 Å². The highest BCUT2D eigenvalue weighted by Gasteiger charge is 2.45. The van der Waals surface area contributed by atoms with Crippen LogP contribution in [0.25, 0.3) is 11.4 Å². The second-order valence-electron chi connectivity index (χ2n) is 8.25. The van der Waals surface area contributed by atoms with Gasteiger partial charge in [0.1, 0.15) is 36.9 Å². The molecule has 1 aromatic carbocycles. The number of carbonyl (C=O) groups excluding carboxylic acids is 2. The quantitative estimate of drug-likeness (QED) is 0.704. The lowest BCUT2D eigenvalue weighted by Gasteiger charge is -2.20. The molecule has 170 valence electrons. The van der Waals surface area contributed by atoms with E-state index in [0.717, 1.165) is 23.4 Å². The Bertz CT molecular complexity index is 1080. The molecule has 2 aliphatic heterocycles. The second kappa shape index (κ2) is 7.64. The van der Waals surface area contributed by atoms with Crippen molar-refractivity contribution >= 4 is 23.5 Å². The summed E-state index contributed by atoms with van der Waals surface area (Å²) >= 11 is 0. The Kier molecular flexibility index (Phi) is 4.90. The summed E-state index contributed by atoms with van der Waals surface area (Å²) in [5, 5.41) is 3.01. The number of rotatable bonds is 6. The zero-order valence-electron chi connectivity index (χ0n) is 17.4. The molecular weight excluding hydrogens is 424 g/mol. The molecule has 11 heteroatoms. The second-order valence-corrected chi connectivity index (χ2v) is 8.25. The number of imidazole rings is 1. The molecule has 0 radical (unpaired) electrons. The number of benzene rings is 1. The highest BCUT2D eigenvalue weighted by atomic mass is 19.3. The summed E-state index contributed by atoms with van der Waals surface area (Å²) in [7, 11) is 0. The topological polar surface area (TPSA) is 112 Å². The van der Waals surface area contributed by atoms with Crippen molar-refractivity contribution in [3.05, 3.63) is 23.9 Å². The van der Waals surface area contributed by atoms with Crippen LogP contribution in [0.5, 0.6) is 5.75 Å². The lowest BCUT2D eigenvalue weighted by atomic mass is 10.1. The minimum absolute atomic E-state index is 0.150. The van der Waals surface area contributed by atoms with Gasteiger partial charge in [-0.25, -0.2) is 23.5 Å². The van der Waals surface area contributed by atoms with Gasteiger partial charge in [0, 0.05) is 17.7 Å². The normalized spacial score (nSPS) is 20.8. The Balaban J connectivity index is 1.59. The Morgan fingerprint density at radius 3 is 2.78 bits per heavy atom. The van der Waals surface area contributed by atoms with Crippen molar-refractivity contribution in [3.8, 4) is 17.1 Å². The molecule has 1 saturated carbocycles. The third-order valence-corrected chi connectivity index (χ3v) is 5.98. The maximum atomic E-state index is 13.6. The molecule has 0 unspecified atom stereocenters. The summed E-state index contributed by atoms with van der Waals surface area (Å²) in [5.41, 5.74) is 7.42. The van der Waals surface area contributed by atoms with E-state index in [0.29, 0.717) is 36.0 Å². The third-order valence-electron chi connectivity index (χ3n) is 5.98. The number of aromatic nitrogens is 2. The van der Waals surface area contributed by atoms with Crippen LogP contribution in [0.1, 0.15) is 31.4 Å². The first-order valence-corrected chi connectivity index (χ1v) is 10.5. The largest absolute Gasteiger partial charge is 0.491 e. The van der Waals surface area contributed by atoms with Crippen LogP contribution in [0, 0.1) is 0 Å². The predicted molar refractivity (Wildman–Crippen MR) is 111 cm³/mol. The van der Waals surface area contributed by atoms with E-state index < -0.39 is 30.5 Å². The Labute approximate surface area is 182 Å².